The summed E-state index contributed by atoms with van der Waals surface area (Å²) in [5.74, 6) is 1.04. The van der Waals surface area contributed by atoms with E-state index in [1.165, 1.54) is 12.8 Å². The third kappa shape index (κ3) is 3.75. The average molecular weight is 193 g/mol. The van der Waals surface area contributed by atoms with Crippen molar-refractivity contribution in [1.29, 1.82) is 0 Å². The summed E-state index contributed by atoms with van der Waals surface area (Å²) in [4.78, 5) is 6.46. The Hall–Kier alpha value is -1.09. The van der Waals surface area contributed by atoms with Crippen LogP contribution < -0.4 is 10.6 Å². The van der Waals surface area contributed by atoms with Crippen molar-refractivity contribution < 1.29 is 0 Å². The van der Waals surface area contributed by atoms with E-state index in [2.05, 4.69) is 16.9 Å². The summed E-state index contributed by atoms with van der Waals surface area (Å²) in [5, 5.41) is 0. The highest BCUT2D eigenvalue weighted by molar-refractivity contribution is 5.35. The molecule has 0 aliphatic carbocycles. The van der Waals surface area contributed by atoms with Gasteiger partial charge in [0, 0.05) is 19.8 Å². The lowest BCUT2D eigenvalue weighted by atomic mass is 10.2. The molecule has 0 atom stereocenters. The lowest BCUT2D eigenvalue weighted by Gasteiger charge is -2.17. The van der Waals surface area contributed by atoms with Gasteiger partial charge < -0.3 is 10.6 Å². The first-order valence-corrected chi connectivity index (χ1v) is 5.17. The minimum Gasteiger partial charge on any atom is -0.360 e. The van der Waals surface area contributed by atoms with Crippen molar-refractivity contribution in [3.63, 3.8) is 0 Å². The molecule has 1 aromatic rings. The Morgan fingerprint density at radius 3 is 2.79 bits per heavy atom. The van der Waals surface area contributed by atoms with Gasteiger partial charge in [0.05, 0.1) is 0 Å². The van der Waals surface area contributed by atoms with Gasteiger partial charge in [-0.3, -0.25) is 0 Å². The van der Waals surface area contributed by atoms with Gasteiger partial charge in [0.2, 0.25) is 0 Å². The zero-order valence-electron chi connectivity index (χ0n) is 8.82. The number of unbranched alkanes of at least 4 members (excludes halogenated alkanes) is 2. The van der Waals surface area contributed by atoms with Crippen LogP contribution in [0.2, 0.25) is 0 Å². The van der Waals surface area contributed by atoms with Crippen molar-refractivity contribution in [2.24, 2.45) is 5.73 Å². The molecular formula is C11H19N3. The largest absolute Gasteiger partial charge is 0.360 e. The molecule has 0 bridgehead atoms. The fraction of sp³-hybridized carbons (Fsp3) is 0.545. The van der Waals surface area contributed by atoms with Crippen LogP contribution >= 0.6 is 0 Å². The molecule has 0 aromatic carbocycles. The van der Waals surface area contributed by atoms with E-state index < -0.39 is 0 Å². The van der Waals surface area contributed by atoms with E-state index in [4.69, 9.17) is 5.73 Å². The van der Waals surface area contributed by atoms with Crippen LogP contribution in [0.5, 0.6) is 0 Å². The SMILES string of the molecule is CN(CCCCCN)c1ccccn1. The molecule has 0 spiro atoms. The van der Waals surface area contributed by atoms with Crippen molar-refractivity contribution in [2.45, 2.75) is 19.3 Å². The average Bonchev–Trinajstić information content (AvgIpc) is 2.25. The van der Waals surface area contributed by atoms with Crippen LogP contribution in [0, 0.1) is 0 Å². The van der Waals surface area contributed by atoms with Gasteiger partial charge in [-0.1, -0.05) is 12.5 Å². The monoisotopic (exact) mass is 193 g/mol. The molecule has 0 fully saturated rings. The second kappa shape index (κ2) is 6.38. The van der Waals surface area contributed by atoms with Gasteiger partial charge in [-0.25, -0.2) is 4.98 Å². The number of nitrogens with zero attached hydrogens (tertiary/aromatic N) is 2. The number of hydrogen-bond acceptors (Lipinski definition) is 3. The van der Waals surface area contributed by atoms with Crippen molar-refractivity contribution in [2.75, 3.05) is 25.0 Å². The number of hydrogen-bond donors (Lipinski definition) is 1. The van der Waals surface area contributed by atoms with Crippen LogP contribution in [-0.2, 0) is 0 Å². The molecule has 1 heterocycles. The molecule has 0 unspecified atom stereocenters. The molecule has 0 aliphatic rings. The summed E-state index contributed by atoms with van der Waals surface area (Å²) >= 11 is 0. The first-order chi connectivity index (χ1) is 6.84. The van der Waals surface area contributed by atoms with Crippen LogP contribution in [0.25, 0.3) is 0 Å². The van der Waals surface area contributed by atoms with E-state index in [1.54, 1.807) is 0 Å². The summed E-state index contributed by atoms with van der Waals surface area (Å²) in [7, 11) is 2.07. The Morgan fingerprint density at radius 1 is 1.29 bits per heavy atom. The number of nitrogens with two attached hydrogens (primary N) is 1. The smallest absolute Gasteiger partial charge is 0.128 e. The van der Waals surface area contributed by atoms with Gasteiger partial charge in [0.25, 0.3) is 0 Å². The van der Waals surface area contributed by atoms with E-state index in [0.717, 1.165) is 25.3 Å². The first kappa shape index (κ1) is 11.0. The molecule has 14 heavy (non-hydrogen) atoms. The number of rotatable bonds is 6. The summed E-state index contributed by atoms with van der Waals surface area (Å²) in [6, 6.07) is 5.98. The molecule has 0 aliphatic heterocycles. The highest BCUT2D eigenvalue weighted by Gasteiger charge is 1.99. The maximum atomic E-state index is 5.43. The topological polar surface area (TPSA) is 42.1 Å². The zero-order chi connectivity index (χ0) is 10.2. The maximum Gasteiger partial charge on any atom is 0.128 e. The van der Waals surface area contributed by atoms with Gasteiger partial charge >= 0.3 is 0 Å². The Bertz CT molecular complexity index is 236. The summed E-state index contributed by atoms with van der Waals surface area (Å²) in [5.41, 5.74) is 5.43. The Balaban J connectivity index is 2.25. The van der Waals surface area contributed by atoms with E-state index in [0.29, 0.717) is 0 Å². The fourth-order valence-electron chi connectivity index (χ4n) is 1.36. The summed E-state index contributed by atoms with van der Waals surface area (Å²) in [6.45, 7) is 1.85. The Kier molecular flexibility index (Phi) is 5.00. The molecule has 0 saturated carbocycles. The van der Waals surface area contributed by atoms with E-state index >= 15 is 0 Å². The summed E-state index contributed by atoms with van der Waals surface area (Å²) < 4.78 is 0. The predicted octanol–water partition coefficient (Wildman–Crippen LogP) is 1.65. The maximum absolute atomic E-state index is 5.43. The third-order valence-corrected chi connectivity index (χ3v) is 2.24. The normalized spacial score (nSPS) is 10.1. The molecule has 2 N–H and O–H groups in total. The minimum absolute atomic E-state index is 0.799. The third-order valence-electron chi connectivity index (χ3n) is 2.24. The highest BCUT2D eigenvalue weighted by Crippen LogP contribution is 2.07. The first-order valence-electron chi connectivity index (χ1n) is 5.17. The van der Waals surface area contributed by atoms with Gasteiger partial charge in [-0.15, -0.1) is 0 Å². The lowest BCUT2D eigenvalue weighted by molar-refractivity contribution is 0.676. The molecule has 78 valence electrons. The molecular weight excluding hydrogens is 174 g/mol. The van der Waals surface area contributed by atoms with Gasteiger partial charge in [-0.2, -0.15) is 0 Å². The van der Waals surface area contributed by atoms with Crippen LogP contribution in [0.15, 0.2) is 24.4 Å². The van der Waals surface area contributed by atoms with Crippen LogP contribution in [-0.4, -0.2) is 25.1 Å². The van der Waals surface area contributed by atoms with Gasteiger partial charge in [0.1, 0.15) is 5.82 Å². The number of aromatic nitrogens is 1. The highest BCUT2D eigenvalue weighted by atomic mass is 15.2. The van der Waals surface area contributed by atoms with Crippen molar-refractivity contribution in [3.05, 3.63) is 24.4 Å². The second-order valence-corrected chi connectivity index (χ2v) is 3.46. The minimum atomic E-state index is 0.799. The quantitative estimate of drug-likeness (QED) is 0.698. The molecule has 0 amide bonds. The predicted molar refractivity (Wildman–Crippen MR) is 60.4 cm³/mol. The Morgan fingerprint density at radius 2 is 2.14 bits per heavy atom. The molecule has 0 saturated heterocycles. The fourth-order valence-corrected chi connectivity index (χ4v) is 1.36. The molecule has 1 aromatic heterocycles. The van der Waals surface area contributed by atoms with Crippen molar-refractivity contribution in [1.82, 2.24) is 4.98 Å². The van der Waals surface area contributed by atoms with E-state index in [9.17, 15) is 0 Å². The van der Waals surface area contributed by atoms with Gasteiger partial charge in [-0.05, 0) is 31.5 Å². The molecule has 3 nitrogen and oxygen atoms in total. The number of pyridine rings is 1. The van der Waals surface area contributed by atoms with Crippen molar-refractivity contribution in [3.8, 4) is 0 Å². The molecule has 0 radical (unpaired) electrons. The second-order valence-electron chi connectivity index (χ2n) is 3.46. The lowest BCUT2D eigenvalue weighted by Crippen LogP contribution is -2.19. The standard InChI is InChI=1S/C11H19N3/c1-14(10-6-2-4-8-12)11-7-3-5-9-13-11/h3,5,7,9H,2,4,6,8,10,12H2,1H3. The zero-order valence-corrected chi connectivity index (χ0v) is 8.82. The van der Waals surface area contributed by atoms with E-state index in [-0.39, 0.29) is 0 Å². The van der Waals surface area contributed by atoms with E-state index in [1.807, 2.05) is 24.4 Å². The number of anilines is 1. The van der Waals surface area contributed by atoms with Crippen LogP contribution in [0.4, 0.5) is 5.82 Å². The Labute approximate surface area is 85.9 Å². The summed E-state index contributed by atoms with van der Waals surface area (Å²) in [6.07, 6.45) is 5.33. The van der Waals surface area contributed by atoms with Crippen molar-refractivity contribution >= 4 is 5.82 Å². The van der Waals surface area contributed by atoms with Gasteiger partial charge in [0.15, 0.2) is 0 Å². The molecule has 3 heteroatoms. The molecule has 1 rings (SSSR count). The van der Waals surface area contributed by atoms with Crippen LogP contribution in [0.3, 0.4) is 0 Å². The van der Waals surface area contributed by atoms with Crippen LogP contribution in [0.1, 0.15) is 19.3 Å².